The molecule has 0 radical (unpaired) electrons. The van der Waals surface area contributed by atoms with Crippen LogP contribution in [0.3, 0.4) is 0 Å². The van der Waals surface area contributed by atoms with Gasteiger partial charge in [0.25, 0.3) is 0 Å². The minimum atomic E-state index is 0. The van der Waals surface area contributed by atoms with E-state index in [1.165, 1.54) is 43.8 Å². The van der Waals surface area contributed by atoms with Gasteiger partial charge >= 0.3 is 0 Å². The van der Waals surface area contributed by atoms with Gasteiger partial charge in [0.2, 0.25) is 0 Å². The highest BCUT2D eigenvalue weighted by Gasteiger charge is 2.15. The molecule has 0 saturated carbocycles. The van der Waals surface area contributed by atoms with Crippen LogP contribution in [0.5, 0.6) is 0 Å². The van der Waals surface area contributed by atoms with Gasteiger partial charge in [-0.3, -0.25) is 0 Å². The monoisotopic (exact) mass is 364 g/mol. The third-order valence-electron chi connectivity index (χ3n) is 5.06. The highest BCUT2D eigenvalue weighted by atomic mass is 31.0. The first kappa shape index (κ1) is 17.5. The smallest absolute Gasteiger partial charge is 0.00264 e. The zero-order valence-electron chi connectivity index (χ0n) is 15.1. The van der Waals surface area contributed by atoms with Crippen molar-refractivity contribution < 1.29 is 0 Å². The fourth-order valence-electron chi connectivity index (χ4n) is 3.96. The highest BCUT2D eigenvalue weighted by Crippen LogP contribution is 2.43. The highest BCUT2D eigenvalue weighted by molar-refractivity contribution is 6.92. The van der Waals surface area contributed by atoms with Gasteiger partial charge in [-0.15, -0.1) is 0 Å². The fourth-order valence-corrected chi connectivity index (χ4v) is 3.96. The first-order valence-corrected chi connectivity index (χ1v) is 8.98. The lowest BCUT2D eigenvalue weighted by molar-refractivity contribution is 1.65. The summed E-state index contributed by atoms with van der Waals surface area (Å²) < 4.78 is 0. The molecule has 0 fully saturated rings. The van der Waals surface area contributed by atoms with Gasteiger partial charge < -0.3 is 0 Å². The molecular formula is C26H21P. The summed E-state index contributed by atoms with van der Waals surface area (Å²) in [6.45, 7) is 0. The summed E-state index contributed by atoms with van der Waals surface area (Å²) in [7, 11) is 0. The second kappa shape index (κ2) is 7.35. The van der Waals surface area contributed by atoms with Gasteiger partial charge in [-0.05, 0) is 43.8 Å². The SMILES string of the molecule is P.c1ccc(-c2c3ccccc3c(-c3ccccc3)c3ccccc23)cc1. The minimum Gasteiger partial charge on any atom is -0.153 e. The molecule has 1 unspecified atom stereocenters. The van der Waals surface area contributed by atoms with Crippen LogP contribution in [-0.4, -0.2) is 0 Å². The van der Waals surface area contributed by atoms with E-state index in [0.717, 1.165) is 0 Å². The van der Waals surface area contributed by atoms with Crippen LogP contribution in [0, 0.1) is 0 Å². The molecule has 1 atom stereocenters. The Morgan fingerprint density at radius 1 is 0.296 bits per heavy atom. The third kappa shape index (κ3) is 2.93. The van der Waals surface area contributed by atoms with Crippen molar-refractivity contribution in [2.75, 3.05) is 0 Å². The van der Waals surface area contributed by atoms with E-state index in [-0.39, 0.29) is 9.90 Å². The van der Waals surface area contributed by atoms with Gasteiger partial charge in [0.05, 0.1) is 0 Å². The fraction of sp³-hybridized carbons (Fsp3) is 0. The molecule has 1 heteroatoms. The van der Waals surface area contributed by atoms with Crippen LogP contribution < -0.4 is 0 Å². The van der Waals surface area contributed by atoms with Crippen molar-refractivity contribution in [3.8, 4) is 22.3 Å². The Kier molecular flexibility index (Phi) is 4.75. The Hall–Kier alpha value is -2.95. The Morgan fingerprint density at radius 2 is 0.556 bits per heavy atom. The molecule has 0 amide bonds. The number of hydrogen-bond donors (Lipinski definition) is 0. The maximum absolute atomic E-state index is 2.25. The average Bonchev–Trinajstić information content (AvgIpc) is 2.73. The standard InChI is InChI=1S/C26H18.H3P/c1-3-11-19(12-4-1)25-21-15-7-9-17-23(21)26(20-13-5-2-6-14-20)24-18-10-8-16-22(24)25;/h1-18H;1H3. The Bertz CT molecular complexity index is 1050. The summed E-state index contributed by atoms with van der Waals surface area (Å²) >= 11 is 0. The van der Waals surface area contributed by atoms with E-state index in [4.69, 9.17) is 0 Å². The molecule has 27 heavy (non-hydrogen) atoms. The Balaban J connectivity index is 0.00000180. The maximum Gasteiger partial charge on any atom is -0.00264 e. The first-order valence-electron chi connectivity index (χ1n) is 8.98. The van der Waals surface area contributed by atoms with Crippen LogP contribution >= 0.6 is 9.90 Å². The molecule has 0 spiro atoms. The van der Waals surface area contributed by atoms with E-state index >= 15 is 0 Å². The molecule has 0 aliphatic heterocycles. The van der Waals surface area contributed by atoms with E-state index in [9.17, 15) is 0 Å². The van der Waals surface area contributed by atoms with E-state index in [1.807, 2.05) is 0 Å². The Labute approximate surface area is 163 Å². The molecule has 130 valence electrons. The predicted molar refractivity (Wildman–Crippen MR) is 123 cm³/mol. The number of fused-ring (bicyclic) bond motifs is 2. The van der Waals surface area contributed by atoms with Crippen LogP contribution in [0.2, 0.25) is 0 Å². The lowest BCUT2D eigenvalue weighted by Gasteiger charge is -2.17. The van der Waals surface area contributed by atoms with E-state index in [0.29, 0.717) is 0 Å². The topological polar surface area (TPSA) is 0 Å². The summed E-state index contributed by atoms with van der Waals surface area (Å²) in [4.78, 5) is 0. The number of benzene rings is 5. The second-order valence-corrected chi connectivity index (χ2v) is 6.57. The van der Waals surface area contributed by atoms with Crippen molar-refractivity contribution in [3.05, 3.63) is 109 Å². The molecule has 0 aromatic heterocycles. The molecule has 5 aromatic rings. The van der Waals surface area contributed by atoms with Crippen LogP contribution in [0.25, 0.3) is 43.8 Å². The molecule has 5 aromatic carbocycles. The largest absolute Gasteiger partial charge is 0.153 e. The van der Waals surface area contributed by atoms with E-state index in [1.54, 1.807) is 0 Å². The molecule has 5 rings (SSSR count). The maximum atomic E-state index is 2.25. The normalized spacial score (nSPS) is 10.7. The summed E-state index contributed by atoms with van der Waals surface area (Å²) in [5.41, 5.74) is 5.16. The summed E-state index contributed by atoms with van der Waals surface area (Å²) in [5.74, 6) is 0. The zero-order chi connectivity index (χ0) is 17.3. The predicted octanol–water partition coefficient (Wildman–Crippen LogP) is 7.39. The van der Waals surface area contributed by atoms with Gasteiger partial charge in [-0.25, -0.2) is 0 Å². The van der Waals surface area contributed by atoms with Crippen molar-refractivity contribution in [1.29, 1.82) is 0 Å². The summed E-state index contributed by atoms with van der Waals surface area (Å²) in [5, 5.41) is 5.21. The van der Waals surface area contributed by atoms with Crippen LogP contribution in [0.1, 0.15) is 0 Å². The molecular weight excluding hydrogens is 343 g/mol. The lowest BCUT2D eigenvalue weighted by atomic mass is 9.86. The van der Waals surface area contributed by atoms with E-state index in [2.05, 4.69) is 109 Å². The molecule has 0 N–H and O–H groups in total. The number of hydrogen-bond acceptors (Lipinski definition) is 0. The molecule has 0 aliphatic carbocycles. The summed E-state index contributed by atoms with van der Waals surface area (Å²) in [6, 6.07) is 39.0. The zero-order valence-corrected chi connectivity index (χ0v) is 16.5. The average molecular weight is 364 g/mol. The second-order valence-electron chi connectivity index (χ2n) is 6.57. The third-order valence-corrected chi connectivity index (χ3v) is 5.06. The van der Waals surface area contributed by atoms with Crippen molar-refractivity contribution in [2.45, 2.75) is 0 Å². The quantitative estimate of drug-likeness (QED) is 0.226. The van der Waals surface area contributed by atoms with Crippen molar-refractivity contribution in [2.24, 2.45) is 0 Å². The van der Waals surface area contributed by atoms with Crippen molar-refractivity contribution >= 4 is 31.4 Å². The molecule has 0 bridgehead atoms. The van der Waals surface area contributed by atoms with Crippen molar-refractivity contribution in [3.63, 3.8) is 0 Å². The molecule has 0 aliphatic rings. The van der Waals surface area contributed by atoms with Crippen molar-refractivity contribution in [1.82, 2.24) is 0 Å². The Morgan fingerprint density at radius 3 is 0.852 bits per heavy atom. The van der Waals surface area contributed by atoms with Crippen LogP contribution in [-0.2, 0) is 0 Å². The molecule has 0 heterocycles. The van der Waals surface area contributed by atoms with Gasteiger partial charge in [-0.2, -0.15) is 9.90 Å². The lowest BCUT2D eigenvalue weighted by Crippen LogP contribution is -1.90. The van der Waals surface area contributed by atoms with Gasteiger partial charge in [0.1, 0.15) is 0 Å². The van der Waals surface area contributed by atoms with Crippen LogP contribution in [0.4, 0.5) is 0 Å². The van der Waals surface area contributed by atoms with Gasteiger partial charge in [-0.1, -0.05) is 109 Å². The molecule has 0 nitrogen and oxygen atoms in total. The van der Waals surface area contributed by atoms with E-state index < -0.39 is 0 Å². The van der Waals surface area contributed by atoms with Gasteiger partial charge in [0.15, 0.2) is 0 Å². The van der Waals surface area contributed by atoms with Gasteiger partial charge in [0, 0.05) is 0 Å². The summed E-state index contributed by atoms with van der Waals surface area (Å²) in [6.07, 6.45) is 0. The van der Waals surface area contributed by atoms with Crippen LogP contribution in [0.15, 0.2) is 109 Å². The molecule has 0 saturated heterocycles. The first-order chi connectivity index (χ1) is 12.9. The number of rotatable bonds is 2. The minimum absolute atomic E-state index is 0.